The van der Waals surface area contributed by atoms with Crippen molar-refractivity contribution in [3.63, 3.8) is 0 Å². The molecule has 0 saturated heterocycles. The predicted octanol–water partition coefficient (Wildman–Crippen LogP) is 5.78. The van der Waals surface area contributed by atoms with E-state index in [1.807, 2.05) is 20.8 Å². The number of carbonyl (C=O) groups is 1. The van der Waals surface area contributed by atoms with E-state index >= 15 is 0 Å². The first kappa shape index (κ1) is 26.0. The molecule has 1 atom stereocenters. The number of rotatable bonds is 19. The van der Waals surface area contributed by atoms with Crippen molar-refractivity contribution in [3.05, 3.63) is 0 Å². The van der Waals surface area contributed by atoms with Gasteiger partial charge in [-0.05, 0) is 33.6 Å². The van der Waals surface area contributed by atoms with Gasteiger partial charge < -0.3 is 18.4 Å². The van der Waals surface area contributed by atoms with E-state index in [4.69, 9.17) is 18.4 Å². The highest BCUT2D eigenvalue weighted by Gasteiger charge is 2.39. The van der Waals surface area contributed by atoms with E-state index in [1.165, 1.54) is 38.5 Å². The molecule has 0 radical (unpaired) electrons. The fourth-order valence-electron chi connectivity index (χ4n) is 3.03. The second-order valence-electron chi connectivity index (χ2n) is 6.51. The van der Waals surface area contributed by atoms with Gasteiger partial charge in [-0.2, -0.15) is 0 Å². The van der Waals surface area contributed by atoms with Crippen molar-refractivity contribution in [2.24, 2.45) is 0 Å². The Balaban J connectivity index is 3.65. The average molecular weight is 456 g/mol. The number of hydrogen-bond donors (Lipinski definition) is 1. The summed E-state index contributed by atoms with van der Waals surface area (Å²) in [7, 11) is -2.45. The second kappa shape index (κ2) is 17.2. The molecule has 0 aliphatic rings. The van der Waals surface area contributed by atoms with Crippen LogP contribution in [0.25, 0.3) is 0 Å². The van der Waals surface area contributed by atoms with Gasteiger partial charge in [0, 0.05) is 25.9 Å². The molecule has 0 aliphatic heterocycles. The van der Waals surface area contributed by atoms with Crippen LogP contribution in [0.1, 0.15) is 85.0 Å². The Bertz CT molecular complexity index is 327. The first-order valence-electron chi connectivity index (χ1n) is 10.3. The third-order valence-corrected chi connectivity index (χ3v) is 8.30. The zero-order valence-corrected chi connectivity index (χ0v) is 19.5. The lowest BCUT2D eigenvalue weighted by Crippen LogP contribution is -2.45. The summed E-state index contributed by atoms with van der Waals surface area (Å²) >= 11 is 3.18. The lowest BCUT2D eigenvalue weighted by Gasteiger charge is -2.28. The topological polar surface area (TPSA) is 65.0 Å². The number of hydrogen-bond acceptors (Lipinski definition) is 4. The molecule has 5 nitrogen and oxygen atoms in total. The largest absolute Gasteiger partial charge is 0.500 e. The maximum absolute atomic E-state index is 10.7. The minimum Gasteiger partial charge on any atom is -0.480 e. The molecule has 156 valence electrons. The van der Waals surface area contributed by atoms with Crippen LogP contribution in [-0.2, 0) is 18.1 Å². The van der Waals surface area contributed by atoms with E-state index in [0.717, 1.165) is 31.7 Å². The highest BCUT2D eigenvalue weighted by Crippen LogP contribution is 2.21. The summed E-state index contributed by atoms with van der Waals surface area (Å²) in [5, 5.41) is 8.80. The van der Waals surface area contributed by atoms with Gasteiger partial charge in [0.2, 0.25) is 0 Å². The lowest BCUT2D eigenvalue weighted by molar-refractivity contribution is -0.136. The van der Waals surface area contributed by atoms with Gasteiger partial charge in [-0.3, -0.25) is 4.79 Å². The molecule has 0 aromatic rings. The van der Waals surface area contributed by atoms with Crippen molar-refractivity contribution in [3.8, 4) is 0 Å². The van der Waals surface area contributed by atoms with Crippen LogP contribution < -0.4 is 0 Å². The van der Waals surface area contributed by atoms with Gasteiger partial charge >= 0.3 is 14.8 Å². The highest BCUT2D eigenvalue weighted by atomic mass is 79.9. The van der Waals surface area contributed by atoms with Gasteiger partial charge in [-0.25, -0.2) is 0 Å². The monoisotopic (exact) mass is 454 g/mol. The molecular formula is C19H39BrO5Si. The molecule has 0 rings (SSSR count). The molecule has 0 bridgehead atoms. The van der Waals surface area contributed by atoms with Crippen LogP contribution in [-0.4, -0.2) is 44.5 Å². The number of halogens is 1. The van der Waals surface area contributed by atoms with Crippen molar-refractivity contribution in [1.82, 2.24) is 0 Å². The van der Waals surface area contributed by atoms with Crippen molar-refractivity contribution in [2.75, 3.05) is 19.8 Å². The molecule has 26 heavy (non-hydrogen) atoms. The molecular weight excluding hydrogens is 416 g/mol. The number of carboxylic acids is 1. The van der Waals surface area contributed by atoms with Crippen LogP contribution in [0.5, 0.6) is 0 Å². The number of unbranched alkanes of at least 4 members (excludes halogenated alkanes) is 8. The van der Waals surface area contributed by atoms with Gasteiger partial charge in [0.05, 0.1) is 0 Å². The number of carboxylic acid groups (broad SMARTS) is 1. The summed E-state index contributed by atoms with van der Waals surface area (Å²) in [6, 6.07) is 0.916. The Morgan fingerprint density at radius 3 is 1.58 bits per heavy atom. The van der Waals surface area contributed by atoms with Crippen LogP contribution in [0.15, 0.2) is 0 Å². The van der Waals surface area contributed by atoms with Crippen LogP contribution in [0, 0.1) is 0 Å². The zero-order chi connectivity index (χ0) is 19.7. The van der Waals surface area contributed by atoms with Gasteiger partial charge in [0.25, 0.3) is 0 Å². The van der Waals surface area contributed by atoms with Crippen molar-refractivity contribution < 1.29 is 23.2 Å². The summed E-state index contributed by atoms with van der Waals surface area (Å²) < 4.78 is 17.6. The van der Waals surface area contributed by atoms with Crippen molar-refractivity contribution >= 4 is 30.7 Å². The van der Waals surface area contributed by atoms with E-state index in [0.29, 0.717) is 19.8 Å². The number of alkyl halides is 1. The minimum absolute atomic E-state index is 0.386. The van der Waals surface area contributed by atoms with Crippen LogP contribution >= 0.6 is 15.9 Å². The summed E-state index contributed by atoms with van der Waals surface area (Å²) in [6.07, 6.45) is 11.4. The maximum Gasteiger partial charge on any atom is 0.500 e. The second-order valence-corrected chi connectivity index (χ2v) is 10.3. The van der Waals surface area contributed by atoms with Gasteiger partial charge in [0.15, 0.2) is 0 Å². The maximum atomic E-state index is 10.7. The van der Waals surface area contributed by atoms with Gasteiger partial charge in [-0.1, -0.05) is 67.3 Å². The Kier molecular flexibility index (Phi) is 17.2. The first-order chi connectivity index (χ1) is 12.5. The van der Waals surface area contributed by atoms with Crippen molar-refractivity contribution in [2.45, 2.75) is 95.9 Å². The van der Waals surface area contributed by atoms with E-state index < -0.39 is 14.8 Å². The van der Waals surface area contributed by atoms with Crippen LogP contribution in [0.2, 0.25) is 6.04 Å². The smallest absolute Gasteiger partial charge is 0.480 e. The van der Waals surface area contributed by atoms with Crippen molar-refractivity contribution in [1.29, 1.82) is 0 Å². The normalized spacial score (nSPS) is 13.1. The van der Waals surface area contributed by atoms with Gasteiger partial charge in [-0.15, -0.1) is 0 Å². The standard InChI is InChI=1S/C19H39BrO5Si/c1-4-23-26(24-5-2,25-6-3)17-15-13-11-9-7-8-10-12-14-16-18(20)19(21)22/h18H,4-17H2,1-3H3,(H,21,22). The third-order valence-electron chi connectivity index (χ3n) is 4.30. The summed E-state index contributed by atoms with van der Waals surface area (Å²) in [6.45, 7) is 7.94. The molecule has 0 aromatic carbocycles. The van der Waals surface area contributed by atoms with E-state index in [-0.39, 0.29) is 4.83 Å². The highest BCUT2D eigenvalue weighted by molar-refractivity contribution is 9.10. The fourth-order valence-corrected chi connectivity index (χ4v) is 6.04. The molecule has 1 N–H and O–H groups in total. The molecule has 0 amide bonds. The molecule has 0 spiro atoms. The molecule has 0 aromatic heterocycles. The molecule has 0 aliphatic carbocycles. The van der Waals surface area contributed by atoms with Crippen LogP contribution in [0.3, 0.4) is 0 Å². The van der Waals surface area contributed by atoms with Crippen LogP contribution in [0.4, 0.5) is 0 Å². The quantitative estimate of drug-likeness (QED) is 0.152. The Morgan fingerprint density at radius 2 is 1.19 bits per heavy atom. The average Bonchev–Trinajstić information content (AvgIpc) is 2.60. The molecule has 0 saturated carbocycles. The molecule has 0 heterocycles. The third kappa shape index (κ3) is 13.3. The van der Waals surface area contributed by atoms with E-state index in [2.05, 4.69) is 15.9 Å². The Hall–Kier alpha value is 0.0469. The molecule has 1 unspecified atom stereocenters. The molecule has 0 fully saturated rings. The SMILES string of the molecule is CCO[Si](CCCCCCCCCCCC(Br)C(=O)O)(OCC)OCC. The summed E-state index contributed by atoms with van der Waals surface area (Å²) in [5.74, 6) is -0.755. The van der Waals surface area contributed by atoms with E-state index in [1.54, 1.807) is 0 Å². The van der Waals surface area contributed by atoms with E-state index in [9.17, 15) is 4.79 Å². The number of aliphatic carboxylic acids is 1. The predicted molar refractivity (Wildman–Crippen MR) is 112 cm³/mol. The zero-order valence-electron chi connectivity index (χ0n) is 16.9. The Morgan fingerprint density at radius 1 is 0.808 bits per heavy atom. The Labute approximate surface area is 169 Å². The molecule has 7 heteroatoms. The summed E-state index contributed by atoms with van der Waals surface area (Å²) in [4.78, 5) is 10.3. The summed E-state index contributed by atoms with van der Waals surface area (Å²) in [5.41, 5.74) is 0. The minimum atomic E-state index is -2.45. The first-order valence-corrected chi connectivity index (χ1v) is 13.1. The fraction of sp³-hybridized carbons (Fsp3) is 0.947. The lowest BCUT2D eigenvalue weighted by atomic mass is 10.1. The van der Waals surface area contributed by atoms with Gasteiger partial charge in [0.1, 0.15) is 4.83 Å².